The topological polar surface area (TPSA) is 128 Å². The Hall–Kier alpha value is -4.61. The first-order chi connectivity index (χ1) is 20.4. The van der Waals surface area contributed by atoms with Crippen molar-refractivity contribution in [3.63, 3.8) is 0 Å². The number of amides is 1. The van der Waals surface area contributed by atoms with Gasteiger partial charge in [-0.05, 0) is 57.5 Å². The van der Waals surface area contributed by atoms with Gasteiger partial charge in [-0.2, -0.15) is 15.6 Å². The lowest BCUT2D eigenvalue weighted by Crippen LogP contribution is -2.49. The summed E-state index contributed by atoms with van der Waals surface area (Å²) in [4.78, 5) is 25.8. The molecular formula is C31H35N9O2. The maximum absolute atomic E-state index is 12.2. The monoisotopic (exact) mass is 565 g/mol. The second kappa shape index (κ2) is 11.3. The molecule has 11 nitrogen and oxygen atoms in total. The third kappa shape index (κ3) is 4.80. The zero-order valence-electron chi connectivity index (χ0n) is 24.2. The van der Waals surface area contributed by atoms with Gasteiger partial charge in [0.15, 0.2) is 5.69 Å². The number of H-pyrrole nitrogens is 1. The van der Waals surface area contributed by atoms with Gasteiger partial charge in [-0.3, -0.25) is 9.89 Å². The molecule has 3 aromatic rings. The van der Waals surface area contributed by atoms with E-state index in [2.05, 4.69) is 50.7 Å². The molecule has 0 radical (unpaired) electrons. The molecule has 5 heterocycles. The molecule has 2 fully saturated rings. The summed E-state index contributed by atoms with van der Waals surface area (Å²) >= 11 is 0. The van der Waals surface area contributed by atoms with Crippen LogP contribution in [0.2, 0.25) is 0 Å². The average molecular weight is 566 g/mol. The van der Waals surface area contributed by atoms with Crippen LogP contribution in [0.4, 0.5) is 11.4 Å². The van der Waals surface area contributed by atoms with Crippen LogP contribution in [0.1, 0.15) is 40.9 Å². The maximum Gasteiger partial charge on any atom is 0.246 e. The Balaban J connectivity index is 1.40. The molecule has 3 aliphatic rings. The van der Waals surface area contributed by atoms with Gasteiger partial charge in [0, 0.05) is 44.3 Å². The van der Waals surface area contributed by atoms with Crippen LogP contribution < -0.4 is 14.5 Å². The van der Waals surface area contributed by atoms with Gasteiger partial charge in [0.1, 0.15) is 24.3 Å². The summed E-state index contributed by atoms with van der Waals surface area (Å²) in [6.45, 7) is 10.7. The van der Waals surface area contributed by atoms with Gasteiger partial charge in [0.2, 0.25) is 11.8 Å². The summed E-state index contributed by atoms with van der Waals surface area (Å²) in [5.41, 5.74) is 6.49. The molecule has 0 bridgehead atoms. The molecule has 2 saturated heterocycles. The Morgan fingerprint density at radius 2 is 1.95 bits per heavy atom. The normalized spacial score (nSPS) is 19.0. The number of aromatic nitrogens is 3. The number of nitriles is 2. The Kier molecular flexibility index (Phi) is 7.44. The molecule has 0 saturated carbocycles. The summed E-state index contributed by atoms with van der Waals surface area (Å²) in [5, 5.41) is 28.2. The van der Waals surface area contributed by atoms with Gasteiger partial charge in [-0.15, -0.1) is 0 Å². The number of hydrogen-bond acceptors (Lipinski definition) is 9. The highest BCUT2D eigenvalue weighted by atomic mass is 16.5. The van der Waals surface area contributed by atoms with Gasteiger partial charge in [-0.1, -0.05) is 12.6 Å². The van der Waals surface area contributed by atoms with Crippen LogP contribution in [0, 0.1) is 29.6 Å². The number of pyridine rings is 1. The van der Waals surface area contributed by atoms with Crippen molar-refractivity contribution in [2.24, 2.45) is 0 Å². The fourth-order valence-electron chi connectivity index (χ4n) is 6.61. The first-order valence-corrected chi connectivity index (χ1v) is 14.5. The third-order valence-electron chi connectivity index (χ3n) is 8.90. The summed E-state index contributed by atoms with van der Waals surface area (Å²) in [6.07, 6.45) is 4.22. The molecule has 0 unspecified atom stereocenters. The summed E-state index contributed by atoms with van der Waals surface area (Å²) in [7, 11) is 2.11. The van der Waals surface area contributed by atoms with Gasteiger partial charge in [0.05, 0.1) is 34.5 Å². The van der Waals surface area contributed by atoms with E-state index in [1.807, 2.05) is 19.1 Å². The Morgan fingerprint density at radius 1 is 1.14 bits per heavy atom. The fraction of sp³-hybridized carbons (Fsp3) is 0.452. The molecule has 3 aliphatic heterocycles. The summed E-state index contributed by atoms with van der Waals surface area (Å²) < 4.78 is 6.36. The zero-order chi connectivity index (χ0) is 29.4. The number of piperazine rings is 1. The number of fused-ring (bicyclic) bond motifs is 2. The minimum Gasteiger partial charge on any atom is -0.475 e. The highest BCUT2D eigenvalue weighted by molar-refractivity contribution is 5.97. The Labute approximate surface area is 245 Å². The molecule has 2 aromatic heterocycles. The molecule has 11 heteroatoms. The summed E-state index contributed by atoms with van der Waals surface area (Å²) in [5.74, 6) is 0.293. The first-order valence-electron chi connectivity index (χ1n) is 14.5. The van der Waals surface area contributed by atoms with Crippen LogP contribution in [0.15, 0.2) is 24.8 Å². The minimum atomic E-state index is -0.0761. The predicted octanol–water partition coefficient (Wildman–Crippen LogP) is 2.88. The van der Waals surface area contributed by atoms with Gasteiger partial charge in [0.25, 0.3) is 0 Å². The number of anilines is 2. The smallest absolute Gasteiger partial charge is 0.246 e. The highest BCUT2D eigenvalue weighted by Crippen LogP contribution is 2.40. The van der Waals surface area contributed by atoms with Crippen molar-refractivity contribution < 1.29 is 9.53 Å². The molecular weight excluding hydrogens is 530 g/mol. The van der Waals surface area contributed by atoms with Crippen molar-refractivity contribution in [1.29, 1.82) is 10.5 Å². The number of rotatable bonds is 6. The van der Waals surface area contributed by atoms with E-state index in [0.29, 0.717) is 69.4 Å². The number of carbonyl (C=O) groups excluding carboxylic acids is 1. The zero-order valence-corrected chi connectivity index (χ0v) is 24.2. The molecule has 1 N–H and O–H groups in total. The van der Waals surface area contributed by atoms with E-state index in [0.717, 1.165) is 58.5 Å². The van der Waals surface area contributed by atoms with E-state index in [4.69, 9.17) is 9.72 Å². The van der Waals surface area contributed by atoms with Crippen molar-refractivity contribution >= 4 is 28.2 Å². The lowest BCUT2D eigenvalue weighted by molar-refractivity contribution is -0.126. The quantitative estimate of drug-likeness (QED) is 0.449. The number of aromatic amines is 1. The average Bonchev–Trinajstić information content (AvgIpc) is 3.63. The number of likely N-dealkylation sites (N-methyl/N-ethyl adjacent to an activating group) is 1. The van der Waals surface area contributed by atoms with Gasteiger partial charge >= 0.3 is 0 Å². The number of carbonyl (C=O) groups is 1. The van der Waals surface area contributed by atoms with Crippen molar-refractivity contribution in [3.05, 3.63) is 52.9 Å². The minimum absolute atomic E-state index is 0.0761. The highest BCUT2D eigenvalue weighted by Gasteiger charge is 2.33. The second-order valence-electron chi connectivity index (χ2n) is 11.3. The molecule has 216 valence electrons. The molecule has 0 aliphatic carbocycles. The second-order valence-corrected chi connectivity index (χ2v) is 11.3. The number of ether oxygens (including phenoxy) is 1. The Bertz CT molecular complexity index is 1620. The Morgan fingerprint density at radius 3 is 2.64 bits per heavy atom. The molecule has 6 rings (SSSR count). The molecule has 1 aromatic carbocycles. The van der Waals surface area contributed by atoms with Gasteiger partial charge in [-0.25, -0.2) is 4.98 Å². The van der Waals surface area contributed by atoms with Crippen LogP contribution >= 0.6 is 0 Å². The molecule has 42 heavy (non-hydrogen) atoms. The number of nitrogens with one attached hydrogen (secondary N) is 1. The first kappa shape index (κ1) is 27.6. The number of hydrogen-bond donors (Lipinski definition) is 1. The predicted molar refractivity (Wildman–Crippen MR) is 159 cm³/mol. The van der Waals surface area contributed by atoms with Crippen LogP contribution in [-0.4, -0.2) is 89.9 Å². The van der Waals surface area contributed by atoms with E-state index < -0.39 is 0 Å². The maximum atomic E-state index is 12.2. The van der Waals surface area contributed by atoms with Crippen molar-refractivity contribution in [3.8, 4) is 18.0 Å². The van der Waals surface area contributed by atoms with Crippen molar-refractivity contribution in [2.45, 2.75) is 38.8 Å². The van der Waals surface area contributed by atoms with E-state index in [-0.39, 0.29) is 11.9 Å². The standard InChI is InChI=1S/C31H35N9O2/c1-4-27(41)38-12-14-39(15-13-38)30-22-9-11-40(29-20(2)7-8-24-28(29)25(17-33)36-35-24)18-26(22)34-31(23(30)16-32)42-19-21-6-5-10-37(21)3/h4,7-8,21H,1,5-6,9-15,18-19H2,2-3H3,(H,35,36)/t21-/m0/s1. The van der Waals surface area contributed by atoms with Crippen molar-refractivity contribution in [2.75, 3.05) is 62.7 Å². The summed E-state index contributed by atoms with van der Waals surface area (Å²) in [6, 6.07) is 8.94. The molecule has 0 spiro atoms. The number of nitrogens with zero attached hydrogens (tertiary/aromatic N) is 8. The van der Waals surface area contributed by atoms with Crippen LogP contribution in [-0.2, 0) is 17.8 Å². The van der Waals surface area contributed by atoms with Gasteiger partial charge < -0.3 is 24.3 Å². The number of benzene rings is 1. The van der Waals surface area contributed by atoms with Crippen LogP contribution in [0.5, 0.6) is 5.88 Å². The van der Waals surface area contributed by atoms with E-state index in [1.54, 1.807) is 4.90 Å². The lowest BCUT2D eigenvalue weighted by Gasteiger charge is -2.39. The molecule has 1 amide bonds. The largest absolute Gasteiger partial charge is 0.475 e. The van der Waals surface area contributed by atoms with E-state index >= 15 is 0 Å². The SMILES string of the molecule is C=CC(=O)N1CCN(c2c(C#N)c(OC[C@@H]3CCCN3C)nc3c2CCN(c2c(C)ccc4[nH]nc(C#N)c24)C3)CC1. The van der Waals surface area contributed by atoms with E-state index in [1.165, 1.54) is 6.08 Å². The van der Waals surface area contributed by atoms with Crippen molar-refractivity contribution in [1.82, 2.24) is 25.0 Å². The van der Waals surface area contributed by atoms with Crippen LogP contribution in [0.25, 0.3) is 10.9 Å². The number of likely N-dealkylation sites (tertiary alicyclic amines) is 1. The third-order valence-corrected chi connectivity index (χ3v) is 8.90. The van der Waals surface area contributed by atoms with Crippen LogP contribution in [0.3, 0.4) is 0 Å². The molecule has 1 atom stereocenters. The fourth-order valence-corrected chi connectivity index (χ4v) is 6.61. The number of aryl methyl sites for hydroxylation is 1. The van der Waals surface area contributed by atoms with E-state index in [9.17, 15) is 15.3 Å². The lowest BCUT2D eigenvalue weighted by atomic mass is 9.96.